The highest BCUT2D eigenvalue weighted by atomic mass is 16.5. The van der Waals surface area contributed by atoms with E-state index >= 15 is 0 Å². The monoisotopic (exact) mass is 244 g/mol. The van der Waals surface area contributed by atoms with Gasteiger partial charge >= 0.3 is 0 Å². The van der Waals surface area contributed by atoms with Crippen molar-refractivity contribution in [2.75, 3.05) is 13.2 Å². The highest BCUT2D eigenvalue weighted by Gasteiger charge is 2.47. The quantitative estimate of drug-likeness (QED) is 0.816. The predicted octanol–water partition coefficient (Wildman–Crippen LogP) is 3.10. The van der Waals surface area contributed by atoms with Crippen LogP contribution in [0.4, 0.5) is 0 Å². The molecule has 2 nitrogen and oxygen atoms in total. The lowest BCUT2D eigenvalue weighted by Gasteiger charge is -2.43. The standard InChI is InChI=1S/C16H20O2/c17-15(13-7-11-18-12-8-13)16(9-4-10-16)14-5-2-1-3-6-14/h1-3,5-6,13H,4,7-12H2. The Balaban J connectivity index is 1.85. The lowest BCUT2D eigenvalue weighted by molar-refractivity contribution is -0.134. The van der Waals surface area contributed by atoms with Crippen molar-refractivity contribution in [3.8, 4) is 0 Å². The fourth-order valence-corrected chi connectivity index (χ4v) is 3.32. The van der Waals surface area contributed by atoms with Gasteiger partial charge in [0.25, 0.3) is 0 Å². The van der Waals surface area contributed by atoms with Crippen LogP contribution in [0.2, 0.25) is 0 Å². The average molecular weight is 244 g/mol. The first-order valence-electron chi connectivity index (χ1n) is 7.00. The van der Waals surface area contributed by atoms with Gasteiger partial charge in [-0.05, 0) is 31.2 Å². The second-order valence-electron chi connectivity index (χ2n) is 5.55. The number of ketones is 1. The minimum Gasteiger partial charge on any atom is -0.381 e. The van der Waals surface area contributed by atoms with Crippen molar-refractivity contribution >= 4 is 5.78 Å². The van der Waals surface area contributed by atoms with E-state index in [0.29, 0.717) is 5.78 Å². The second kappa shape index (κ2) is 4.85. The summed E-state index contributed by atoms with van der Waals surface area (Å²) in [5.74, 6) is 0.697. The Hall–Kier alpha value is -1.15. The fraction of sp³-hybridized carbons (Fsp3) is 0.562. The molecule has 2 heteroatoms. The van der Waals surface area contributed by atoms with Gasteiger partial charge in [0.05, 0.1) is 5.41 Å². The number of carbonyl (C=O) groups excluding carboxylic acids is 1. The van der Waals surface area contributed by atoms with Gasteiger partial charge in [0.1, 0.15) is 5.78 Å². The number of benzene rings is 1. The molecule has 0 aromatic heterocycles. The molecule has 0 bridgehead atoms. The minimum absolute atomic E-state index is 0.163. The first-order valence-corrected chi connectivity index (χ1v) is 7.00. The van der Waals surface area contributed by atoms with Crippen LogP contribution in [0, 0.1) is 5.92 Å². The molecule has 96 valence electrons. The van der Waals surface area contributed by atoms with Crippen molar-refractivity contribution in [2.45, 2.75) is 37.5 Å². The summed E-state index contributed by atoms with van der Waals surface area (Å²) in [6.07, 6.45) is 5.07. The summed E-state index contributed by atoms with van der Waals surface area (Å²) in [5, 5.41) is 0. The van der Waals surface area contributed by atoms with E-state index in [1.165, 1.54) is 12.0 Å². The molecule has 1 aromatic carbocycles. The van der Waals surface area contributed by atoms with Gasteiger partial charge in [0, 0.05) is 19.1 Å². The third-order valence-corrected chi connectivity index (χ3v) is 4.60. The zero-order valence-electron chi connectivity index (χ0n) is 10.7. The molecule has 1 aliphatic heterocycles. The zero-order valence-corrected chi connectivity index (χ0v) is 10.7. The van der Waals surface area contributed by atoms with Crippen molar-refractivity contribution in [1.82, 2.24) is 0 Å². The largest absolute Gasteiger partial charge is 0.381 e. The summed E-state index contributed by atoms with van der Waals surface area (Å²) in [7, 11) is 0. The molecule has 1 heterocycles. The summed E-state index contributed by atoms with van der Waals surface area (Å²) >= 11 is 0. The van der Waals surface area contributed by atoms with Crippen LogP contribution in [0.15, 0.2) is 30.3 Å². The first kappa shape index (κ1) is 11.9. The van der Waals surface area contributed by atoms with Crippen molar-refractivity contribution in [2.24, 2.45) is 5.92 Å². The molecule has 0 amide bonds. The summed E-state index contributed by atoms with van der Waals surface area (Å²) < 4.78 is 5.37. The normalized spacial score (nSPS) is 23.3. The lowest BCUT2D eigenvalue weighted by Crippen LogP contribution is -2.46. The van der Waals surface area contributed by atoms with E-state index in [-0.39, 0.29) is 11.3 Å². The van der Waals surface area contributed by atoms with Crippen LogP contribution in [0.3, 0.4) is 0 Å². The van der Waals surface area contributed by atoms with E-state index < -0.39 is 0 Å². The smallest absolute Gasteiger partial charge is 0.146 e. The zero-order chi connectivity index (χ0) is 12.4. The molecular weight excluding hydrogens is 224 g/mol. The summed E-state index contributed by atoms with van der Waals surface area (Å²) in [4.78, 5) is 12.8. The molecule has 1 aromatic rings. The Bertz CT molecular complexity index is 414. The average Bonchev–Trinajstić information content (AvgIpc) is 2.40. The molecule has 2 aliphatic rings. The van der Waals surface area contributed by atoms with E-state index in [9.17, 15) is 4.79 Å². The van der Waals surface area contributed by atoms with Crippen molar-refractivity contribution < 1.29 is 9.53 Å². The predicted molar refractivity (Wildman–Crippen MR) is 70.5 cm³/mol. The molecule has 0 spiro atoms. The molecule has 18 heavy (non-hydrogen) atoms. The summed E-state index contributed by atoms with van der Waals surface area (Å²) in [6, 6.07) is 10.4. The van der Waals surface area contributed by atoms with Crippen LogP contribution in [0.1, 0.15) is 37.7 Å². The first-order chi connectivity index (χ1) is 8.83. The summed E-state index contributed by atoms with van der Waals surface area (Å²) in [5.41, 5.74) is 1.07. The van der Waals surface area contributed by atoms with E-state index in [1.54, 1.807) is 0 Å². The molecular formula is C16H20O2. The number of hydrogen-bond donors (Lipinski definition) is 0. The summed E-state index contributed by atoms with van der Waals surface area (Å²) in [6.45, 7) is 1.50. The van der Waals surface area contributed by atoms with Crippen molar-refractivity contribution in [1.29, 1.82) is 0 Å². The maximum absolute atomic E-state index is 12.8. The number of Topliss-reactive ketones (excluding diaryl/α,β-unsaturated/α-hetero) is 1. The van der Waals surface area contributed by atoms with Gasteiger partial charge in [-0.15, -0.1) is 0 Å². The van der Waals surface area contributed by atoms with Gasteiger partial charge in [-0.1, -0.05) is 36.8 Å². The number of ether oxygens (including phenoxy) is 1. The van der Waals surface area contributed by atoms with Crippen LogP contribution in [-0.4, -0.2) is 19.0 Å². The Morgan fingerprint density at radius 1 is 1.11 bits per heavy atom. The minimum atomic E-state index is -0.163. The van der Waals surface area contributed by atoms with Crippen molar-refractivity contribution in [3.63, 3.8) is 0 Å². The van der Waals surface area contributed by atoms with Gasteiger partial charge in [-0.25, -0.2) is 0 Å². The Kier molecular flexibility index (Phi) is 3.21. The molecule has 1 saturated heterocycles. The lowest BCUT2D eigenvalue weighted by atomic mass is 9.59. The van der Waals surface area contributed by atoms with E-state index in [1.807, 2.05) is 18.2 Å². The van der Waals surface area contributed by atoms with Gasteiger partial charge in [-0.2, -0.15) is 0 Å². The second-order valence-corrected chi connectivity index (χ2v) is 5.55. The highest BCUT2D eigenvalue weighted by molar-refractivity contribution is 5.93. The molecule has 0 atom stereocenters. The topological polar surface area (TPSA) is 26.3 Å². The maximum atomic E-state index is 12.8. The molecule has 1 saturated carbocycles. The van der Waals surface area contributed by atoms with Crippen LogP contribution >= 0.6 is 0 Å². The Morgan fingerprint density at radius 2 is 1.78 bits per heavy atom. The van der Waals surface area contributed by atoms with Gasteiger partial charge in [0.15, 0.2) is 0 Å². The SMILES string of the molecule is O=C(C1CCOCC1)C1(c2ccccc2)CCC1. The van der Waals surface area contributed by atoms with Gasteiger partial charge < -0.3 is 4.74 Å². The number of rotatable bonds is 3. The Labute approximate surface area is 108 Å². The number of hydrogen-bond acceptors (Lipinski definition) is 2. The molecule has 1 aliphatic carbocycles. The third-order valence-electron chi connectivity index (χ3n) is 4.60. The van der Waals surface area contributed by atoms with Crippen LogP contribution in [0.25, 0.3) is 0 Å². The van der Waals surface area contributed by atoms with Crippen LogP contribution in [-0.2, 0) is 14.9 Å². The molecule has 0 radical (unpaired) electrons. The molecule has 0 N–H and O–H groups in total. The fourth-order valence-electron chi connectivity index (χ4n) is 3.32. The van der Waals surface area contributed by atoms with E-state index in [4.69, 9.17) is 4.74 Å². The van der Waals surface area contributed by atoms with Crippen LogP contribution < -0.4 is 0 Å². The molecule has 0 unspecified atom stereocenters. The van der Waals surface area contributed by atoms with Gasteiger partial charge in [-0.3, -0.25) is 4.79 Å². The molecule has 3 rings (SSSR count). The molecule has 2 fully saturated rings. The van der Waals surface area contributed by atoms with E-state index in [2.05, 4.69) is 12.1 Å². The highest BCUT2D eigenvalue weighted by Crippen LogP contribution is 2.47. The number of carbonyl (C=O) groups is 1. The van der Waals surface area contributed by atoms with Crippen molar-refractivity contribution in [3.05, 3.63) is 35.9 Å². The van der Waals surface area contributed by atoms with E-state index in [0.717, 1.165) is 38.9 Å². The van der Waals surface area contributed by atoms with Gasteiger partial charge in [0.2, 0.25) is 0 Å². The Morgan fingerprint density at radius 3 is 2.33 bits per heavy atom. The maximum Gasteiger partial charge on any atom is 0.146 e. The van der Waals surface area contributed by atoms with Crippen LogP contribution in [0.5, 0.6) is 0 Å². The third kappa shape index (κ3) is 1.89.